The molecule has 15 heteroatoms. The SMILES string of the molecule is COc1cc(C=C2C(=O)NC(=O)NC2=O)ccc1Oc1nc2c(c(=O)n(C)c(=O)n2C)n1Cc1ccc(Cl)cc1Cl. The van der Waals surface area contributed by atoms with Gasteiger partial charge in [0.2, 0.25) is 0 Å². The number of urea groups is 1. The molecule has 2 N–H and O–H groups in total. The smallest absolute Gasteiger partial charge is 0.332 e. The number of amides is 4. The maximum atomic E-state index is 13.2. The molecule has 0 atom stereocenters. The lowest BCUT2D eigenvalue weighted by Crippen LogP contribution is -2.51. The number of methoxy groups -OCH3 is 1. The first-order chi connectivity index (χ1) is 19.5. The van der Waals surface area contributed by atoms with Gasteiger partial charge in [0.25, 0.3) is 17.4 Å². The molecule has 1 aliphatic rings. The van der Waals surface area contributed by atoms with Crippen LogP contribution >= 0.6 is 23.2 Å². The third kappa shape index (κ3) is 5.08. The molecule has 0 bridgehead atoms. The van der Waals surface area contributed by atoms with Crippen LogP contribution in [0.1, 0.15) is 11.1 Å². The summed E-state index contributed by atoms with van der Waals surface area (Å²) >= 11 is 12.5. The minimum absolute atomic E-state index is 0.0433. The Labute approximate surface area is 240 Å². The zero-order valence-electron chi connectivity index (χ0n) is 21.7. The van der Waals surface area contributed by atoms with Gasteiger partial charge in [-0.1, -0.05) is 35.3 Å². The molecule has 1 fully saturated rings. The molecule has 0 saturated carbocycles. The molecule has 210 valence electrons. The molecule has 13 nitrogen and oxygen atoms in total. The number of barbiturate groups is 1. The summed E-state index contributed by atoms with van der Waals surface area (Å²) in [5.41, 5.74) is -0.266. The maximum Gasteiger partial charge on any atom is 0.332 e. The van der Waals surface area contributed by atoms with Crippen molar-refractivity contribution in [2.24, 2.45) is 14.1 Å². The molecule has 5 rings (SSSR count). The first-order valence-electron chi connectivity index (χ1n) is 11.8. The number of imidazole rings is 1. The molecule has 1 aliphatic heterocycles. The van der Waals surface area contributed by atoms with Crippen LogP contribution in [-0.2, 0) is 30.2 Å². The van der Waals surface area contributed by atoms with E-state index in [2.05, 4.69) is 4.98 Å². The lowest BCUT2D eigenvalue weighted by atomic mass is 10.1. The van der Waals surface area contributed by atoms with Crippen molar-refractivity contribution in [3.05, 3.63) is 84.0 Å². The minimum atomic E-state index is -0.909. The number of hydrogen-bond acceptors (Lipinski definition) is 8. The number of carbonyl (C=O) groups is 3. The largest absolute Gasteiger partial charge is 0.493 e. The van der Waals surface area contributed by atoms with Crippen molar-refractivity contribution >= 4 is 58.3 Å². The van der Waals surface area contributed by atoms with Crippen molar-refractivity contribution in [1.82, 2.24) is 29.3 Å². The van der Waals surface area contributed by atoms with Gasteiger partial charge in [-0.2, -0.15) is 4.98 Å². The Bertz CT molecular complexity index is 1920. The van der Waals surface area contributed by atoms with Gasteiger partial charge in [0.05, 0.1) is 13.7 Å². The summed E-state index contributed by atoms with van der Waals surface area (Å²) in [4.78, 5) is 65.8. The van der Waals surface area contributed by atoms with E-state index in [-0.39, 0.29) is 40.8 Å². The van der Waals surface area contributed by atoms with Gasteiger partial charge in [0.15, 0.2) is 22.7 Å². The molecule has 2 aromatic carbocycles. The van der Waals surface area contributed by atoms with Crippen LogP contribution in [0, 0.1) is 0 Å². The molecule has 4 aromatic rings. The molecule has 0 radical (unpaired) electrons. The van der Waals surface area contributed by atoms with Gasteiger partial charge in [-0.05, 0) is 41.5 Å². The van der Waals surface area contributed by atoms with Gasteiger partial charge in [0.1, 0.15) is 5.57 Å². The fourth-order valence-electron chi connectivity index (χ4n) is 4.20. The van der Waals surface area contributed by atoms with Crippen molar-refractivity contribution in [2.75, 3.05) is 7.11 Å². The summed E-state index contributed by atoms with van der Waals surface area (Å²) < 4.78 is 15.2. The fourth-order valence-corrected chi connectivity index (χ4v) is 4.67. The van der Waals surface area contributed by atoms with Crippen LogP contribution in [-0.4, -0.2) is 43.6 Å². The monoisotopic (exact) mass is 598 g/mol. The number of carbonyl (C=O) groups excluding carboxylic acids is 3. The highest BCUT2D eigenvalue weighted by Crippen LogP contribution is 2.34. The number of hydrogen-bond donors (Lipinski definition) is 2. The molecule has 1 saturated heterocycles. The summed E-state index contributed by atoms with van der Waals surface area (Å²) in [5, 5.41) is 4.78. The zero-order chi connectivity index (χ0) is 29.6. The molecule has 3 heterocycles. The van der Waals surface area contributed by atoms with E-state index in [1.54, 1.807) is 24.3 Å². The van der Waals surface area contributed by atoms with E-state index in [0.29, 0.717) is 21.2 Å². The van der Waals surface area contributed by atoms with Crippen LogP contribution in [0.15, 0.2) is 51.6 Å². The normalized spacial score (nSPS) is 13.3. The predicted molar refractivity (Wildman–Crippen MR) is 149 cm³/mol. The highest BCUT2D eigenvalue weighted by atomic mass is 35.5. The molecule has 0 unspecified atom stereocenters. The number of nitrogens with one attached hydrogen (secondary N) is 2. The van der Waals surface area contributed by atoms with E-state index in [1.165, 1.54) is 48.5 Å². The van der Waals surface area contributed by atoms with Gasteiger partial charge in [-0.3, -0.25) is 38.7 Å². The topological polar surface area (TPSA) is 156 Å². The third-order valence-corrected chi connectivity index (χ3v) is 6.89. The van der Waals surface area contributed by atoms with Crippen LogP contribution in [0.3, 0.4) is 0 Å². The molecule has 4 amide bonds. The number of fused-ring (bicyclic) bond motifs is 1. The average molecular weight is 599 g/mol. The summed E-state index contributed by atoms with van der Waals surface area (Å²) in [6.45, 7) is 0.0463. The van der Waals surface area contributed by atoms with Crippen molar-refractivity contribution in [3.63, 3.8) is 0 Å². The summed E-state index contributed by atoms with van der Waals surface area (Å²) in [7, 11) is 4.22. The van der Waals surface area contributed by atoms with Crippen LogP contribution in [0.25, 0.3) is 17.2 Å². The second-order valence-electron chi connectivity index (χ2n) is 8.90. The Morgan fingerprint density at radius 1 is 0.927 bits per heavy atom. The minimum Gasteiger partial charge on any atom is -0.493 e. The number of imide groups is 2. The first kappa shape index (κ1) is 27.7. The fraction of sp³-hybridized carbons (Fsp3) is 0.154. The number of benzene rings is 2. The van der Waals surface area contributed by atoms with Crippen molar-refractivity contribution in [1.29, 1.82) is 0 Å². The standard InChI is InChI=1S/C26H20Cl2N6O7/c1-32-20-19(23(37)33(2)26(32)39)34(11-13-5-6-14(27)10-16(13)28)25(29-20)41-17-7-4-12(9-18(17)40-3)8-15-21(35)30-24(38)31-22(15)36/h4-10H,11H2,1-3H3,(H2,30,31,35,36,38). The van der Waals surface area contributed by atoms with E-state index in [4.69, 9.17) is 32.7 Å². The van der Waals surface area contributed by atoms with E-state index < -0.39 is 29.1 Å². The number of nitrogens with zero attached hydrogens (tertiary/aromatic N) is 4. The van der Waals surface area contributed by atoms with Gasteiger partial charge in [0, 0.05) is 24.1 Å². The number of rotatable bonds is 6. The first-order valence-corrected chi connectivity index (χ1v) is 12.6. The number of aryl methyl sites for hydroxylation is 1. The Morgan fingerprint density at radius 3 is 2.29 bits per heavy atom. The van der Waals surface area contributed by atoms with E-state index in [1.807, 2.05) is 10.6 Å². The third-order valence-electron chi connectivity index (χ3n) is 6.30. The lowest BCUT2D eigenvalue weighted by molar-refractivity contribution is -0.123. The van der Waals surface area contributed by atoms with E-state index in [0.717, 1.165) is 4.57 Å². The van der Waals surface area contributed by atoms with Gasteiger partial charge in [-0.25, -0.2) is 9.59 Å². The molecular weight excluding hydrogens is 579 g/mol. The van der Waals surface area contributed by atoms with E-state index >= 15 is 0 Å². The summed E-state index contributed by atoms with van der Waals surface area (Å²) in [5.74, 6) is -1.33. The molecular formula is C26H20Cl2N6O7. The second-order valence-corrected chi connectivity index (χ2v) is 9.75. The Morgan fingerprint density at radius 2 is 1.63 bits per heavy atom. The highest BCUT2D eigenvalue weighted by molar-refractivity contribution is 6.35. The Kier molecular flexibility index (Phi) is 7.15. The number of halogens is 2. The predicted octanol–water partition coefficient (Wildman–Crippen LogP) is 2.34. The van der Waals surface area contributed by atoms with Crippen LogP contribution < -0.4 is 31.4 Å². The molecule has 0 spiro atoms. The number of ether oxygens (including phenoxy) is 2. The maximum absolute atomic E-state index is 13.2. The quantitative estimate of drug-likeness (QED) is 0.253. The lowest BCUT2D eigenvalue weighted by Gasteiger charge is -2.15. The Hall–Kier alpha value is -4.88. The van der Waals surface area contributed by atoms with Crippen molar-refractivity contribution < 1.29 is 23.9 Å². The molecule has 0 aliphatic carbocycles. The highest BCUT2D eigenvalue weighted by Gasteiger charge is 2.28. The van der Waals surface area contributed by atoms with Crippen LogP contribution in [0.2, 0.25) is 10.0 Å². The molecule has 2 aromatic heterocycles. The average Bonchev–Trinajstić information content (AvgIpc) is 3.28. The summed E-state index contributed by atoms with van der Waals surface area (Å²) in [6.07, 6.45) is 1.28. The van der Waals surface area contributed by atoms with Crippen molar-refractivity contribution in [2.45, 2.75) is 6.54 Å². The van der Waals surface area contributed by atoms with Crippen molar-refractivity contribution in [3.8, 4) is 17.5 Å². The Balaban J connectivity index is 1.61. The molecule has 41 heavy (non-hydrogen) atoms. The van der Waals surface area contributed by atoms with Crippen LogP contribution in [0.4, 0.5) is 4.79 Å². The number of aromatic nitrogens is 4. The van der Waals surface area contributed by atoms with E-state index in [9.17, 15) is 24.0 Å². The second kappa shape index (κ2) is 10.6. The van der Waals surface area contributed by atoms with Gasteiger partial charge in [-0.15, -0.1) is 0 Å². The van der Waals surface area contributed by atoms with Gasteiger partial charge >= 0.3 is 17.7 Å². The zero-order valence-corrected chi connectivity index (χ0v) is 23.2. The summed E-state index contributed by atoms with van der Waals surface area (Å²) in [6, 6.07) is 8.50. The van der Waals surface area contributed by atoms with Crippen LogP contribution in [0.5, 0.6) is 17.5 Å². The van der Waals surface area contributed by atoms with Gasteiger partial charge < -0.3 is 9.47 Å².